The number of hydrogen-bond acceptors (Lipinski definition) is 5. The molecule has 8 heteroatoms. The number of fused-ring (bicyclic) bond motifs is 1. The molecule has 2 heterocycles. The van der Waals surface area contributed by atoms with Gasteiger partial charge in [0, 0.05) is 50.9 Å². The highest BCUT2D eigenvalue weighted by molar-refractivity contribution is 7.90. The van der Waals surface area contributed by atoms with Crippen LogP contribution in [0.4, 0.5) is 5.69 Å². The van der Waals surface area contributed by atoms with Crippen LogP contribution < -0.4 is 9.62 Å². The van der Waals surface area contributed by atoms with Gasteiger partial charge in [-0.2, -0.15) is 0 Å². The monoisotopic (exact) mass is 468 g/mol. The lowest BCUT2D eigenvalue weighted by Crippen LogP contribution is -2.27. The van der Waals surface area contributed by atoms with Crippen molar-refractivity contribution in [1.82, 2.24) is 9.62 Å². The molecule has 7 nitrogen and oxygen atoms in total. The van der Waals surface area contributed by atoms with Crippen LogP contribution in [-0.4, -0.2) is 51.7 Å². The maximum atomic E-state index is 12.6. The molecule has 0 aliphatic carbocycles. The van der Waals surface area contributed by atoms with Crippen molar-refractivity contribution in [2.24, 2.45) is 4.99 Å². The summed E-state index contributed by atoms with van der Waals surface area (Å²) >= 11 is 0. The van der Waals surface area contributed by atoms with Gasteiger partial charge in [-0.25, -0.2) is 8.42 Å². The molecular weight excluding hydrogens is 436 g/mol. The highest BCUT2D eigenvalue weighted by Gasteiger charge is 2.29. The van der Waals surface area contributed by atoms with Crippen LogP contribution in [0.3, 0.4) is 0 Å². The summed E-state index contributed by atoms with van der Waals surface area (Å²) in [7, 11) is -1.62. The molecule has 33 heavy (non-hydrogen) atoms. The van der Waals surface area contributed by atoms with Gasteiger partial charge in [0.2, 0.25) is 5.91 Å². The summed E-state index contributed by atoms with van der Waals surface area (Å²) in [6.45, 7) is 3.33. The van der Waals surface area contributed by atoms with E-state index in [-0.39, 0.29) is 10.8 Å². The fourth-order valence-corrected chi connectivity index (χ4v) is 5.70. The Morgan fingerprint density at radius 3 is 2.58 bits per heavy atom. The summed E-state index contributed by atoms with van der Waals surface area (Å²) in [5.41, 5.74) is 3.08. The van der Waals surface area contributed by atoms with Gasteiger partial charge in [-0.3, -0.25) is 14.5 Å². The minimum atomic E-state index is -3.49. The van der Waals surface area contributed by atoms with Gasteiger partial charge in [0.25, 0.3) is 10.0 Å². The molecule has 176 valence electrons. The minimum absolute atomic E-state index is 0.148. The van der Waals surface area contributed by atoms with Crippen molar-refractivity contribution < 1.29 is 13.2 Å². The van der Waals surface area contributed by atoms with E-state index in [9.17, 15) is 13.2 Å². The van der Waals surface area contributed by atoms with E-state index in [1.54, 1.807) is 18.2 Å². The fraction of sp³-hybridized carbons (Fsp3) is 0.440. The minimum Gasteiger partial charge on any atom is -0.371 e. The van der Waals surface area contributed by atoms with Crippen molar-refractivity contribution in [2.45, 2.75) is 50.0 Å². The Hall–Kier alpha value is -2.87. The summed E-state index contributed by atoms with van der Waals surface area (Å²) in [6, 6.07) is 15.3. The second-order valence-corrected chi connectivity index (χ2v) is 10.4. The Morgan fingerprint density at radius 2 is 1.76 bits per heavy atom. The summed E-state index contributed by atoms with van der Waals surface area (Å²) in [5, 5.41) is 0. The molecule has 2 aromatic rings. The average molecular weight is 469 g/mol. The zero-order valence-electron chi connectivity index (χ0n) is 19.2. The van der Waals surface area contributed by atoms with Crippen LogP contribution in [0.25, 0.3) is 0 Å². The van der Waals surface area contributed by atoms with Gasteiger partial charge in [0.15, 0.2) is 0 Å². The number of amides is 1. The zero-order valence-corrected chi connectivity index (χ0v) is 20.0. The number of hydrogen-bond donors (Lipinski definition) is 1. The van der Waals surface area contributed by atoms with E-state index in [0.717, 1.165) is 32.4 Å². The molecule has 4 rings (SSSR count). The Morgan fingerprint density at radius 1 is 1.03 bits per heavy atom. The van der Waals surface area contributed by atoms with E-state index in [1.807, 2.05) is 24.1 Å². The van der Waals surface area contributed by atoms with Gasteiger partial charge in [-0.05, 0) is 49.4 Å². The van der Waals surface area contributed by atoms with E-state index in [2.05, 4.69) is 32.8 Å². The number of anilines is 1. The molecule has 1 fully saturated rings. The van der Waals surface area contributed by atoms with Crippen molar-refractivity contribution in [1.29, 1.82) is 0 Å². The third kappa shape index (κ3) is 5.55. The standard InChI is InChI=1S/C25H32N4O3S/c1-28(19-20-11-4-6-13-22(20)29-17-9-10-18-29)24(30)15-3-2-8-16-26-25-21-12-5-7-14-23(21)33(31,32)27-25/h4-7,11-14H,2-3,8-10,15-19H2,1H3,(H,26,27). The van der Waals surface area contributed by atoms with Gasteiger partial charge in [0.05, 0.1) is 4.90 Å². The van der Waals surface area contributed by atoms with Gasteiger partial charge in [-0.15, -0.1) is 0 Å². The Labute approximate surface area is 196 Å². The number of benzene rings is 2. The van der Waals surface area contributed by atoms with Crippen LogP contribution in [-0.2, 0) is 21.4 Å². The van der Waals surface area contributed by atoms with Gasteiger partial charge in [-0.1, -0.05) is 36.8 Å². The molecular formula is C25H32N4O3S. The van der Waals surface area contributed by atoms with Crippen LogP contribution >= 0.6 is 0 Å². The molecule has 1 saturated heterocycles. The van der Waals surface area contributed by atoms with Crippen LogP contribution in [0, 0.1) is 0 Å². The van der Waals surface area contributed by atoms with Crippen LogP contribution in [0.5, 0.6) is 0 Å². The average Bonchev–Trinajstić information content (AvgIpc) is 3.43. The fourth-order valence-electron chi connectivity index (χ4n) is 4.45. The molecule has 0 radical (unpaired) electrons. The maximum Gasteiger partial charge on any atom is 0.263 e. The van der Waals surface area contributed by atoms with Crippen molar-refractivity contribution in [3.63, 3.8) is 0 Å². The first-order chi connectivity index (χ1) is 16.0. The van der Waals surface area contributed by atoms with Crippen molar-refractivity contribution in [3.05, 3.63) is 59.7 Å². The highest BCUT2D eigenvalue weighted by atomic mass is 32.2. The number of aliphatic imine (C=N–C) groups is 1. The Kier molecular flexibility index (Phi) is 7.33. The highest BCUT2D eigenvalue weighted by Crippen LogP contribution is 2.26. The second-order valence-electron chi connectivity index (χ2n) is 8.72. The molecule has 1 N–H and O–H groups in total. The first kappa shape index (κ1) is 23.3. The third-order valence-electron chi connectivity index (χ3n) is 6.25. The SMILES string of the molecule is CN(Cc1ccccc1N1CCCC1)C(=O)CCCCCN=C1NS(=O)(=O)c2ccccc21. The number of nitrogens with zero attached hydrogens (tertiary/aromatic N) is 3. The smallest absolute Gasteiger partial charge is 0.263 e. The normalized spacial score (nSPS) is 17.7. The number of para-hydroxylation sites is 1. The summed E-state index contributed by atoms with van der Waals surface area (Å²) in [5.74, 6) is 0.563. The van der Waals surface area contributed by atoms with E-state index < -0.39 is 10.0 Å². The summed E-state index contributed by atoms with van der Waals surface area (Å²) in [6.07, 6.45) is 5.44. The largest absolute Gasteiger partial charge is 0.371 e. The molecule has 1 amide bonds. The maximum absolute atomic E-state index is 12.6. The van der Waals surface area contributed by atoms with Crippen LogP contribution in [0.15, 0.2) is 58.4 Å². The Bertz CT molecular complexity index is 1120. The summed E-state index contributed by atoms with van der Waals surface area (Å²) in [4.78, 5) is 21.6. The molecule has 0 spiro atoms. The number of amidine groups is 1. The second kappa shape index (κ2) is 10.4. The first-order valence-corrected chi connectivity index (χ1v) is 13.2. The van der Waals surface area contributed by atoms with E-state index in [4.69, 9.17) is 0 Å². The molecule has 2 aliphatic heterocycles. The van der Waals surface area contributed by atoms with Crippen LogP contribution in [0.2, 0.25) is 0 Å². The van der Waals surface area contributed by atoms with Crippen molar-refractivity contribution in [2.75, 3.05) is 31.6 Å². The van der Waals surface area contributed by atoms with E-state index in [1.165, 1.54) is 24.1 Å². The molecule has 0 saturated carbocycles. The number of sulfonamides is 1. The molecule has 0 atom stereocenters. The number of rotatable bonds is 9. The molecule has 2 aliphatic rings. The molecule has 0 bridgehead atoms. The van der Waals surface area contributed by atoms with E-state index in [0.29, 0.717) is 30.9 Å². The van der Waals surface area contributed by atoms with Gasteiger partial charge in [0.1, 0.15) is 5.84 Å². The lowest BCUT2D eigenvalue weighted by atomic mass is 10.1. The van der Waals surface area contributed by atoms with Crippen molar-refractivity contribution in [3.8, 4) is 0 Å². The van der Waals surface area contributed by atoms with E-state index >= 15 is 0 Å². The Balaban J connectivity index is 1.21. The molecule has 0 unspecified atom stereocenters. The van der Waals surface area contributed by atoms with Crippen LogP contribution in [0.1, 0.15) is 49.7 Å². The predicted octanol–water partition coefficient (Wildman–Crippen LogP) is 3.54. The quantitative estimate of drug-likeness (QED) is 0.571. The lowest BCUT2D eigenvalue weighted by Gasteiger charge is -2.24. The zero-order chi connectivity index (χ0) is 23.3. The molecule has 2 aromatic carbocycles. The molecule has 0 aromatic heterocycles. The number of unbranched alkanes of at least 4 members (excludes halogenated alkanes) is 2. The number of carbonyl (C=O) groups excluding carboxylic acids is 1. The van der Waals surface area contributed by atoms with Gasteiger partial charge < -0.3 is 9.80 Å². The first-order valence-electron chi connectivity index (χ1n) is 11.7. The van der Waals surface area contributed by atoms with Gasteiger partial charge >= 0.3 is 0 Å². The number of nitrogens with one attached hydrogen (secondary N) is 1. The lowest BCUT2D eigenvalue weighted by molar-refractivity contribution is -0.130. The third-order valence-corrected chi connectivity index (χ3v) is 7.65. The summed E-state index contributed by atoms with van der Waals surface area (Å²) < 4.78 is 26.8. The van der Waals surface area contributed by atoms with Crippen molar-refractivity contribution >= 4 is 27.5 Å². The predicted molar refractivity (Wildman–Crippen MR) is 131 cm³/mol. The topological polar surface area (TPSA) is 82.1 Å². The number of carbonyl (C=O) groups is 1.